The van der Waals surface area contributed by atoms with E-state index in [1.807, 2.05) is 0 Å². The van der Waals surface area contributed by atoms with Gasteiger partial charge in [-0.25, -0.2) is 22.4 Å². The first kappa shape index (κ1) is 21.8. The molecule has 0 saturated carbocycles. The van der Waals surface area contributed by atoms with E-state index >= 15 is 0 Å². The van der Waals surface area contributed by atoms with Crippen molar-refractivity contribution in [2.24, 2.45) is 0 Å². The predicted molar refractivity (Wildman–Crippen MR) is 108 cm³/mol. The summed E-state index contributed by atoms with van der Waals surface area (Å²) in [5.74, 6) is -5.75. The van der Waals surface area contributed by atoms with Crippen molar-refractivity contribution in [3.8, 4) is 5.75 Å². The van der Waals surface area contributed by atoms with E-state index in [1.54, 1.807) is 0 Å². The van der Waals surface area contributed by atoms with Gasteiger partial charge in [-0.3, -0.25) is 0 Å². The number of hydrogen-bond acceptors (Lipinski definition) is 2. The molecule has 3 rings (SSSR count). The Hall–Kier alpha value is -2.89. The van der Waals surface area contributed by atoms with Crippen LogP contribution in [0.4, 0.5) is 17.6 Å². The molecule has 3 aromatic rings. The predicted octanol–water partition coefficient (Wildman–Crippen LogP) is 7.13. The van der Waals surface area contributed by atoms with Gasteiger partial charge in [0.1, 0.15) is 0 Å². The Bertz CT molecular complexity index is 1040. The maximum atomic E-state index is 14.4. The largest absolute Gasteiger partial charge is 0.417 e. The maximum Gasteiger partial charge on any atom is 0.343 e. The van der Waals surface area contributed by atoms with Crippen LogP contribution < -0.4 is 4.74 Å². The van der Waals surface area contributed by atoms with Gasteiger partial charge in [0.05, 0.1) is 5.56 Å². The Balaban J connectivity index is 1.73. The first-order valence-corrected chi connectivity index (χ1v) is 9.98. The number of carbonyl (C=O) groups excluding carboxylic acids is 1. The number of fused-ring (bicyclic) bond motifs is 1. The Morgan fingerprint density at radius 3 is 2.07 bits per heavy atom. The van der Waals surface area contributed by atoms with Gasteiger partial charge in [-0.2, -0.15) is 0 Å². The van der Waals surface area contributed by atoms with Gasteiger partial charge in [0.15, 0.2) is 23.3 Å². The molecule has 0 bridgehead atoms. The van der Waals surface area contributed by atoms with Crippen molar-refractivity contribution in [1.29, 1.82) is 0 Å². The van der Waals surface area contributed by atoms with Crippen molar-refractivity contribution < 1.29 is 27.1 Å². The zero-order valence-electron chi connectivity index (χ0n) is 16.6. The van der Waals surface area contributed by atoms with Gasteiger partial charge < -0.3 is 4.74 Å². The highest BCUT2D eigenvalue weighted by Gasteiger charge is 2.18. The Labute approximate surface area is 172 Å². The highest BCUT2D eigenvalue weighted by Crippen LogP contribution is 2.26. The van der Waals surface area contributed by atoms with E-state index in [4.69, 9.17) is 4.74 Å². The summed E-state index contributed by atoms with van der Waals surface area (Å²) in [6.07, 6.45) is 5.69. The van der Waals surface area contributed by atoms with Crippen LogP contribution in [0.2, 0.25) is 0 Å². The zero-order chi connectivity index (χ0) is 21.7. The number of ether oxygens (including phenoxy) is 1. The van der Waals surface area contributed by atoms with Gasteiger partial charge in [-0.15, -0.1) is 0 Å². The molecule has 2 nitrogen and oxygen atoms in total. The van der Waals surface area contributed by atoms with Gasteiger partial charge in [0.2, 0.25) is 5.75 Å². The molecule has 0 fully saturated rings. The summed E-state index contributed by atoms with van der Waals surface area (Å²) in [5, 5.41) is 0.647. The van der Waals surface area contributed by atoms with Crippen LogP contribution in [0.3, 0.4) is 0 Å². The lowest BCUT2D eigenvalue weighted by molar-refractivity contribution is 0.0720. The fraction of sp³-hybridized carbons (Fsp3) is 0.292. The van der Waals surface area contributed by atoms with Crippen LogP contribution in [0.1, 0.15) is 54.9 Å². The van der Waals surface area contributed by atoms with E-state index in [9.17, 15) is 22.4 Å². The van der Waals surface area contributed by atoms with Crippen LogP contribution in [-0.2, 0) is 6.42 Å². The second-order valence-electron chi connectivity index (χ2n) is 7.27. The quantitative estimate of drug-likeness (QED) is 0.168. The minimum atomic E-state index is -1.06. The molecule has 0 atom stereocenters. The fourth-order valence-electron chi connectivity index (χ4n) is 3.31. The van der Waals surface area contributed by atoms with Crippen LogP contribution in [0, 0.1) is 23.3 Å². The summed E-state index contributed by atoms with van der Waals surface area (Å²) in [4.78, 5) is 12.3. The zero-order valence-corrected chi connectivity index (χ0v) is 16.6. The van der Waals surface area contributed by atoms with Gasteiger partial charge in [-0.1, -0.05) is 38.7 Å². The lowest BCUT2D eigenvalue weighted by Crippen LogP contribution is -2.11. The van der Waals surface area contributed by atoms with Crippen LogP contribution in [0.25, 0.3) is 10.8 Å². The Morgan fingerprint density at radius 2 is 1.40 bits per heavy atom. The second-order valence-corrected chi connectivity index (χ2v) is 7.27. The molecule has 0 aliphatic carbocycles. The number of unbranched alkanes of at least 4 members (excludes halogenated alkanes) is 4. The molecular formula is C24H22F4O2. The standard InChI is InChI=1S/C24H22F4O2/c1-2-3-4-5-6-7-15-10-21(27)23(22(28)11-15)30-24(29)17-9-8-16-13-19(25)20(26)14-18(16)12-17/h8-14H,2-7H2,1H3. The molecular weight excluding hydrogens is 396 g/mol. The van der Waals surface area contributed by atoms with Crippen molar-refractivity contribution in [1.82, 2.24) is 0 Å². The van der Waals surface area contributed by atoms with Crippen molar-refractivity contribution >= 4 is 16.7 Å². The third-order valence-electron chi connectivity index (χ3n) is 4.94. The smallest absolute Gasteiger partial charge is 0.343 e. The van der Waals surface area contributed by atoms with Crippen LogP contribution in [0.15, 0.2) is 42.5 Å². The first-order chi connectivity index (χ1) is 14.4. The van der Waals surface area contributed by atoms with E-state index in [-0.39, 0.29) is 10.9 Å². The number of aryl methyl sites for hydroxylation is 1. The van der Waals surface area contributed by atoms with E-state index in [1.165, 1.54) is 30.3 Å². The summed E-state index contributed by atoms with van der Waals surface area (Å²) in [7, 11) is 0. The molecule has 0 spiro atoms. The normalized spacial score (nSPS) is 11.1. The maximum absolute atomic E-state index is 14.4. The number of halogens is 4. The first-order valence-electron chi connectivity index (χ1n) is 9.98. The van der Waals surface area contributed by atoms with Crippen molar-refractivity contribution in [2.75, 3.05) is 0 Å². The number of carbonyl (C=O) groups is 1. The Morgan fingerprint density at radius 1 is 0.767 bits per heavy atom. The molecule has 0 unspecified atom stereocenters. The Kier molecular flexibility index (Phi) is 7.08. The lowest BCUT2D eigenvalue weighted by atomic mass is 10.0. The molecule has 3 aromatic carbocycles. The summed E-state index contributed by atoms with van der Waals surface area (Å²) in [6, 6.07) is 8.29. The average Bonchev–Trinajstić information content (AvgIpc) is 2.71. The molecule has 0 amide bonds. The molecule has 0 N–H and O–H groups in total. The monoisotopic (exact) mass is 418 g/mol. The van der Waals surface area contributed by atoms with Crippen molar-refractivity contribution in [3.05, 3.63) is 76.9 Å². The van der Waals surface area contributed by atoms with Gasteiger partial charge in [0, 0.05) is 0 Å². The molecule has 158 valence electrons. The van der Waals surface area contributed by atoms with Crippen LogP contribution in [0.5, 0.6) is 5.75 Å². The minimum absolute atomic E-state index is 0.0349. The van der Waals surface area contributed by atoms with E-state index in [0.717, 1.165) is 44.2 Å². The van der Waals surface area contributed by atoms with E-state index < -0.39 is 35.0 Å². The van der Waals surface area contributed by atoms with E-state index in [2.05, 4.69) is 6.92 Å². The molecule has 0 aliphatic heterocycles. The molecule has 0 saturated heterocycles. The summed E-state index contributed by atoms with van der Waals surface area (Å²) in [5.41, 5.74) is 0.469. The number of benzene rings is 3. The van der Waals surface area contributed by atoms with E-state index in [0.29, 0.717) is 17.4 Å². The summed E-state index contributed by atoms with van der Waals surface area (Å²) < 4.78 is 60.4. The lowest BCUT2D eigenvalue weighted by Gasteiger charge is -2.10. The molecule has 0 radical (unpaired) electrons. The van der Waals surface area contributed by atoms with Gasteiger partial charge in [-0.05, 0) is 65.6 Å². The number of esters is 1. The van der Waals surface area contributed by atoms with Gasteiger partial charge >= 0.3 is 5.97 Å². The van der Waals surface area contributed by atoms with Crippen molar-refractivity contribution in [2.45, 2.75) is 45.4 Å². The highest BCUT2D eigenvalue weighted by atomic mass is 19.2. The van der Waals surface area contributed by atoms with Crippen molar-refractivity contribution in [3.63, 3.8) is 0 Å². The fourth-order valence-corrected chi connectivity index (χ4v) is 3.31. The number of rotatable bonds is 8. The number of hydrogen-bond donors (Lipinski definition) is 0. The average molecular weight is 418 g/mol. The molecule has 0 aromatic heterocycles. The highest BCUT2D eigenvalue weighted by molar-refractivity contribution is 5.96. The second kappa shape index (κ2) is 9.74. The molecule has 0 aliphatic rings. The summed E-state index contributed by atoms with van der Waals surface area (Å²) in [6.45, 7) is 2.11. The molecule has 0 heterocycles. The van der Waals surface area contributed by atoms with Gasteiger partial charge in [0.25, 0.3) is 0 Å². The summed E-state index contributed by atoms with van der Waals surface area (Å²) >= 11 is 0. The molecule has 6 heteroatoms. The third kappa shape index (κ3) is 5.17. The minimum Gasteiger partial charge on any atom is -0.417 e. The topological polar surface area (TPSA) is 26.3 Å². The third-order valence-corrected chi connectivity index (χ3v) is 4.94. The SMILES string of the molecule is CCCCCCCc1cc(F)c(OC(=O)c2ccc3cc(F)c(F)cc3c2)c(F)c1. The molecule has 30 heavy (non-hydrogen) atoms. The van der Waals surface area contributed by atoms with Crippen LogP contribution in [-0.4, -0.2) is 5.97 Å². The van der Waals surface area contributed by atoms with Crippen LogP contribution >= 0.6 is 0 Å².